The van der Waals surface area contributed by atoms with E-state index >= 15 is 0 Å². The Morgan fingerprint density at radius 1 is 1.43 bits per heavy atom. The Morgan fingerprint density at radius 3 is 2.71 bits per heavy atom. The highest BCUT2D eigenvalue weighted by molar-refractivity contribution is 9.10. The predicted molar refractivity (Wildman–Crippen MR) is 78.4 cm³/mol. The third-order valence-electron chi connectivity index (χ3n) is 2.81. The van der Waals surface area contributed by atoms with Gasteiger partial charge in [-0.05, 0) is 18.6 Å². The number of H-pyrrole nitrogens is 1. The fraction of sp³-hybridized carbons (Fsp3) is 0.167. The van der Waals surface area contributed by atoms with E-state index < -0.39 is 32.6 Å². The molecule has 1 heterocycles. The van der Waals surface area contributed by atoms with Crippen molar-refractivity contribution in [1.82, 2.24) is 14.9 Å². The van der Waals surface area contributed by atoms with E-state index in [2.05, 4.69) is 30.8 Å². The smallest absolute Gasteiger partial charge is 0.340 e. The zero-order chi connectivity index (χ0) is 15.6. The lowest BCUT2D eigenvalue weighted by Crippen LogP contribution is -2.28. The Balaban J connectivity index is 2.32. The van der Waals surface area contributed by atoms with Gasteiger partial charge < -0.3 is 5.11 Å². The van der Waals surface area contributed by atoms with Crippen LogP contribution in [0.4, 0.5) is 0 Å². The summed E-state index contributed by atoms with van der Waals surface area (Å²) in [6, 6.07) is 6.60. The fourth-order valence-corrected chi connectivity index (χ4v) is 3.75. The number of aromatic carboxylic acids is 1. The van der Waals surface area contributed by atoms with E-state index in [-0.39, 0.29) is 0 Å². The second-order valence-corrected chi connectivity index (χ2v) is 6.79. The summed E-state index contributed by atoms with van der Waals surface area (Å²) >= 11 is 3.34. The van der Waals surface area contributed by atoms with Gasteiger partial charge in [-0.25, -0.2) is 17.9 Å². The lowest BCUT2D eigenvalue weighted by molar-refractivity contribution is 0.0692. The van der Waals surface area contributed by atoms with E-state index in [0.717, 1.165) is 16.2 Å². The molecule has 0 saturated heterocycles. The second-order valence-electron chi connectivity index (χ2n) is 4.28. The molecular weight excluding hydrogens is 362 g/mol. The highest BCUT2D eigenvalue weighted by Crippen LogP contribution is 2.24. The number of carboxylic acids is 1. The monoisotopic (exact) mass is 373 g/mol. The molecule has 0 bridgehead atoms. The van der Waals surface area contributed by atoms with Crippen molar-refractivity contribution < 1.29 is 18.3 Å². The molecule has 0 aliphatic carbocycles. The summed E-state index contributed by atoms with van der Waals surface area (Å²) in [4.78, 5) is 11.0. The average Bonchev–Trinajstić information content (AvgIpc) is 2.88. The highest BCUT2D eigenvalue weighted by atomic mass is 79.9. The van der Waals surface area contributed by atoms with Crippen LogP contribution in [-0.2, 0) is 10.0 Å². The first-order valence-electron chi connectivity index (χ1n) is 5.86. The van der Waals surface area contributed by atoms with Crippen LogP contribution >= 0.6 is 15.9 Å². The Bertz CT molecular complexity index is 772. The largest absolute Gasteiger partial charge is 0.478 e. The van der Waals surface area contributed by atoms with E-state index in [1.165, 1.54) is 0 Å². The summed E-state index contributed by atoms with van der Waals surface area (Å²) in [5.74, 6) is -1.36. The van der Waals surface area contributed by atoms with Crippen LogP contribution in [0.5, 0.6) is 0 Å². The number of nitrogens with one attached hydrogen (secondary N) is 2. The van der Waals surface area contributed by atoms with Crippen LogP contribution in [0.15, 0.2) is 40.0 Å². The highest BCUT2D eigenvalue weighted by Gasteiger charge is 2.27. The van der Waals surface area contributed by atoms with Gasteiger partial charge in [0.15, 0.2) is 5.03 Å². The molecule has 7 nitrogen and oxygen atoms in total. The maximum atomic E-state index is 12.3. The van der Waals surface area contributed by atoms with Crippen molar-refractivity contribution in [1.29, 1.82) is 0 Å². The first kappa shape index (κ1) is 15.7. The molecule has 0 aliphatic rings. The minimum Gasteiger partial charge on any atom is -0.478 e. The quantitative estimate of drug-likeness (QED) is 0.740. The lowest BCUT2D eigenvalue weighted by atomic mass is 10.1. The summed E-state index contributed by atoms with van der Waals surface area (Å²) < 4.78 is 27.7. The molecule has 0 spiro atoms. The zero-order valence-corrected chi connectivity index (χ0v) is 13.3. The summed E-state index contributed by atoms with van der Waals surface area (Å²) in [6.07, 6.45) is 0.958. The van der Waals surface area contributed by atoms with Crippen LogP contribution in [0.25, 0.3) is 0 Å². The van der Waals surface area contributed by atoms with Crippen LogP contribution in [0, 0.1) is 0 Å². The SMILES string of the molecule is CC(NS(=O)(=O)c1[nH]ncc1C(=O)O)c1ccccc1Br. The number of hydrogen-bond acceptors (Lipinski definition) is 4. The van der Waals surface area contributed by atoms with Crippen molar-refractivity contribution in [2.75, 3.05) is 0 Å². The molecule has 1 unspecified atom stereocenters. The van der Waals surface area contributed by atoms with E-state index in [9.17, 15) is 13.2 Å². The number of carboxylic acid groups (broad SMARTS) is 1. The number of aromatic amines is 1. The molecule has 0 amide bonds. The maximum absolute atomic E-state index is 12.3. The summed E-state index contributed by atoms with van der Waals surface area (Å²) in [5, 5.41) is 14.2. The van der Waals surface area contributed by atoms with Gasteiger partial charge in [-0.3, -0.25) is 5.10 Å². The molecule has 3 N–H and O–H groups in total. The third kappa shape index (κ3) is 3.31. The van der Waals surface area contributed by atoms with Gasteiger partial charge >= 0.3 is 5.97 Å². The van der Waals surface area contributed by atoms with Crippen molar-refractivity contribution in [2.24, 2.45) is 0 Å². The molecule has 112 valence electrons. The molecule has 21 heavy (non-hydrogen) atoms. The van der Waals surface area contributed by atoms with Crippen LogP contribution < -0.4 is 4.72 Å². The fourth-order valence-electron chi connectivity index (χ4n) is 1.81. The van der Waals surface area contributed by atoms with Gasteiger partial charge in [0.1, 0.15) is 5.56 Å². The summed E-state index contributed by atoms with van der Waals surface area (Å²) in [7, 11) is -4.03. The number of halogens is 1. The van der Waals surface area contributed by atoms with Gasteiger partial charge in [0.05, 0.1) is 6.20 Å². The Morgan fingerprint density at radius 2 is 2.10 bits per heavy atom. The van der Waals surface area contributed by atoms with Crippen molar-refractivity contribution in [3.63, 3.8) is 0 Å². The third-order valence-corrected chi connectivity index (χ3v) is 5.04. The minimum absolute atomic E-state index is 0.401. The molecular formula is C12H12BrN3O4S. The van der Waals surface area contributed by atoms with Crippen LogP contribution in [0.1, 0.15) is 28.9 Å². The van der Waals surface area contributed by atoms with Crippen LogP contribution in [0.2, 0.25) is 0 Å². The van der Waals surface area contributed by atoms with Crippen molar-refractivity contribution in [3.05, 3.63) is 46.1 Å². The number of hydrogen-bond donors (Lipinski definition) is 3. The van der Waals surface area contributed by atoms with Crippen molar-refractivity contribution in [3.8, 4) is 0 Å². The first-order chi connectivity index (χ1) is 9.83. The van der Waals surface area contributed by atoms with Crippen molar-refractivity contribution >= 4 is 31.9 Å². The van der Waals surface area contributed by atoms with E-state index in [1.54, 1.807) is 25.1 Å². The second kappa shape index (κ2) is 5.96. The summed E-state index contributed by atoms with van der Waals surface area (Å²) in [6.45, 7) is 1.66. The van der Waals surface area contributed by atoms with E-state index in [4.69, 9.17) is 5.11 Å². The number of sulfonamides is 1. The lowest BCUT2D eigenvalue weighted by Gasteiger charge is -2.15. The van der Waals surface area contributed by atoms with Gasteiger partial charge in [0, 0.05) is 10.5 Å². The molecule has 1 aromatic heterocycles. The van der Waals surface area contributed by atoms with Gasteiger partial charge in [0.2, 0.25) is 0 Å². The Labute approximate surface area is 129 Å². The predicted octanol–water partition coefficient (Wildman–Crippen LogP) is 1.91. The topological polar surface area (TPSA) is 112 Å². The zero-order valence-electron chi connectivity index (χ0n) is 10.9. The first-order valence-corrected chi connectivity index (χ1v) is 8.14. The molecule has 2 aromatic rings. The maximum Gasteiger partial charge on any atom is 0.340 e. The van der Waals surface area contributed by atoms with E-state index in [1.807, 2.05) is 6.07 Å². The van der Waals surface area contributed by atoms with Crippen LogP contribution in [-0.4, -0.2) is 29.7 Å². The molecule has 9 heteroatoms. The molecule has 1 aromatic carbocycles. The number of rotatable bonds is 5. The Kier molecular flexibility index (Phi) is 4.45. The standard InChI is InChI=1S/C12H12BrN3O4S/c1-7(8-4-2-3-5-10(8)13)16-21(19,20)11-9(12(17)18)6-14-15-11/h2-7,16H,1H3,(H,14,15)(H,17,18). The number of carbonyl (C=O) groups is 1. The van der Waals surface area contributed by atoms with Crippen molar-refractivity contribution in [2.45, 2.75) is 18.0 Å². The average molecular weight is 374 g/mol. The molecule has 1 atom stereocenters. The molecule has 2 rings (SSSR count). The van der Waals surface area contributed by atoms with Gasteiger partial charge in [-0.2, -0.15) is 5.10 Å². The van der Waals surface area contributed by atoms with E-state index in [0.29, 0.717) is 0 Å². The number of nitrogens with zero attached hydrogens (tertiary/aromatic N) is 1. The van der Waals surface area contributed by atoms with Crippen LogP contribution in [0.3, 0.4) is 0 Å². The Hall–Kier alpha value is -1.71. The summed E-state index contributed by atoms with van der Waals surface area (Å²) in [5.41, 5.74) is 0.333. The van der Waals surface area contributed by atoms with Gasteiger partial charge in [-0.15, -0.1) is 0 Å². The molecule has 0 aliphatic heterocycles. The molecule has 0 fully saturated rings. The normalized spacial score (nSPS) is 13.0. The van der Waals surface area contributed by atoms with Gasteiger partial charge in [-0.1, -0.05) is 34.1 Å². The molecule has 0 radical (unpaired) electrons. The minimum atomic E-state index is -4.03. The number of aromatic nitrogens is 2. The molecule has 0 saturated carbocycles. The van der Waals surface area contributed by atoms with Gasteiger partial charge in [0.25, 0.3) is 10.0 Å². The number of benzene rings is 1.